The van der Waals surface area contributed by atoms with Gasteiger partial charge in [0.15, 0.2) is 0 Å². The number of benzene rings is 1. The van der Waals surface area contributed by atoms with Crippen molar-refractivity contribution in [2.45, 2.75) is 12.5 Å². The van der Waals surface area contributed by atoms with Crippen LogP contribution in [0.25, 0.3) is 0 Å². The zero-order valence-corrected chi connectivity index (χ0v) is 11.0. The Morgan fingerprint density at radius 3 is 2.28 bits per heavy atom. The number of carboxylic acid groups (broad SMARTS) is 1. The van der Waals surface area contributed by atoms with Crippen molar-refractivity contribution in [2.75, 3.05) is 14.2 Å². The highest BCUT2D eigenvalue weighted by molar-refractivity contribution is 5.87. The molecule has 0 bridgehead atoms. The van der Waals surface area contributed by atoms with Gasteiger partial charge >= 0.3 is 11.9 Å². The lowest BCUT2D eigenvalue weighted by Crippen LogP contribution is -2.36. The second-order valence-corrected chi connectivity index (χ2v) is 3.57. The summed E-state index contributed by atoms with van der Waals surface area (Å²) in [4.78, 5) is 22.0. The van der Waals surface area contributed by atoms with Gasteiger partial charge in [0.25, 0.3) is 0 Å². The first kappa shape index (κ1) is 16.4. The zero-order chi connectivity index (χ0) is 12.8. The molecule has 0 unspecified atom stereocenters. The number of ether oxygens (including phenoxy) is 1. The Labute approximate surface area is 112 Å². The van der Waals surface area contributed by atoms with Crippen molar-refractivity contribution < 1.29 is 19.4 Å². The standard InChI is InChI=1S/C12H15NO4.ClH/c1-13-10(12(16)17-2)7-8-3-5-9(6-4-8)11(14)15;/h3-6,10,13H,7H2,1-2H3,(H,14,15);1H/t10-;/m0./s1. The van der Waals surface area contributed by atoms with E-state index in [9.17, 15) is 9.59 Å². The van der Waals surface area contributed by atoms with Crippen LogP contribution in [-0.2, 0) is 16.0 Å². The van der Waals surface area contributed by atoms with Crippen LogP contribution in [0.2, 0.25) is 0 Å². The largest absolute Gasteiger partial charge is 0.478 e. The third-order valence-corrected chi connectivity index (χ3v) is 2.47. The summed E-state index contributed by atoms with van der Waals surface area (Å²) in [5.41, 5.74) is 1.10. The van der Waals surface area contributed by atoms with E-state index in [2.05, 4.69) is 10.1 Å². The SMILES string of the molecule is CN[C@@H](Cc1ccc(C(=O)O)cc1)C(=O)OC.Cl. The van der Waals surface area contributed by atoms with Gasteiger partial charge < -0.3 is 15.2 Å². The van der Waals surface area contributed by atoms with Crippen molar-refractivity contribution in [3.63, 3.8) is 0 Å². The minimum absolute atomic E-state index is 0. The summed E-state index contributed by atoms with van der Waals surface area (Å²) >= 11 is 0. The summed E-state index contributed by atoms with van der Waals surface area (Å²) < 4.78 is 4.64. The average Bonchev–Trinajstić information content (AvgIpc) is 2.35. The Hall–Kier alpha value is -1.59. The maximum absolute atomic E-state index is 11.3. The van der Waals surface area contributed by atoms with E-state index in [1.165, 1.54) is 19.2 Å². The van der Waals surface area contributed by atoms with Crippen LogP contribution in [0, 0.1) is 0 Å². The Balaban J connectivity index is 0.00000289. The monoisotopic (exact) mass is 273 g/mol. The number of carbonyl (C=O) groups excluding carboxylic acids is 1. The molecule has 0 aliphatic heterocycles. The van der Waals surface area contributed by atoms with E-state index in [4.69, 9.17) is 5.11 Å². The van der Waals surface area contributed by atoms with E-state index < -0.39 is 12.0 Å². The molecule has 0 saturated carbocycles. The molecule has 1 atom stereocenters. The van der Waals surface area contributed by atoms with Crippen LogP contribution < -0.4 is 5.32 Å². The molecule has 0 spiro atoms. The Kier molecular flexibility index (Phi) is 7.00. The molecule has 0 aromatic heterocycles. The summed E-state index contributed by atoms with van der Waals surface area (Å²) in [6.45, 7) is 0. The van der Waals surface area contributed by atoms with E-state index in [-0.39, 0.29) is 23.9 Å². The predicted molar refractivity (Wildman–Crippen MR) is 69.2 cm³/mol. The lowest BCUT2D eigenvalue weighted by atomic mass is 10.0. The quantitative estimate of drug-likeness (QED) is 0.786. The maximum Gasteiger partial charge on any atom is 0.335 e. The number of methoxy groups -OCH3 is 1. The van der Waals surface area contributed by atoms with Crippen molar-refractivity contribution in [3.05, 3.63) is 35.4 Å². The number of carboxylic acids is 1. The van der Waals surface area contributed by atoms with Gasteiger partial charge in [-0.05, 0) is 31.2 Å². The summed E-state index contributed by atoms with van der Waals surface area (Å²) in [6, 6.07) is 5.99. The van der Waals surface area contributed by atoms with Crippen molar-refractivity contribution in [2.24, 2.45) is 0 Å². The molecule has 100 valence electrons. The van der Waals surface area contributed by atoms with Gasteiger partial charge in [0.2, 0.25) is 0 Å². The number of hydrogen-bond donors (Lipinski definition) is 2. The van der Waals surface area contributed by atoms with Gasteiger partial charge in [-0.3, -0.25) is 4.79 Å². The lowest BCUT2D eigenvalue weighted by Gasteiger charge is -2.13. The highest BCUT2D eigenvalue weighted by Crippen LogP contribution is 2.07. The van der Waals surface area contributed by atoms with Gasteiger partial charge in [-0.2, -0.15) is 0 Å². The zero-order valence-electron chi connectivity index (χ0n) is 10.2. The first-order chi connectivity index (χ1) is 8.08. The molecule has 2 N–H and O–H groups in total. The second-order valence-electron chi connectivity index (χ2n) is 3.57. The van der Waals surface area contributed by atoms with E-state index in [1.807, 2.05) is 0 Å². The van der Waals surface area contributed by atoms with Gasteiger partial charge in [-0.25, -0.2) is 4.79 Å². The predicted octanol–water partition coefficient (Wildman–Crippen LogP) is 1.11. The van der Waals surface area contributed by atoms with Crippen molar-refractivity contribution in [1.82, 2.24) is 5.32 Å². The first-order valence-electron chi connectivity index (χ1n) is 5.15. The number of esters is 1. The molecule has 0 saturated heterocycles. The molecule has 0 aliphatic rings. The Bertz CT molecular complexity index is 405. The van der Waals surface area contributed by atoms with Crippen LogP contribution in [0.3, 0.4) is 0 Å². The number of carbonyl (C=O) groups is 2. The fourth-order valence-corrected chi connectivity index (χ4v) is 1.46. The minimum atomic E-state index is -0.963. The summed E-state index contributed by atoms with van der Waals surface area (Å²) in [7, 11) is 3.01. The molecule has 0 aliphatic carbocycles. The first-order valence-corrected chi connectivity index (χ1v) is 5.15. The Morgan fingerprint density at radius 1 is 1.33 bits per heavy atom. The highest BCUT2D eigenvalue weighted by Gasteiger charge is 2.17. The van der Waals surface area contributed by atoms with Crippen LogP contribution in [0.15, 0.2) is 24.3 Å². The fraction of sp³-hybridized carbons (Fsp3) is 0.333. The molecule has 1 rings (SSSR count). The maximum atomic E-state index is 11.3. The van der Waals surface area contributed by atoms with E-state index >= 15 is 0 Å². The second kappa shape index (κ2) is 7.68. The molecular formula is C12H16ClNO4. The molecule has 0 radical (unpaired) electrons. The molecule has 0 amide bonds. The number of halogens is 1. The normalized spacial score (nSPS) is 11.2. The van der Waals surface area contributed by atoms with Gasteiger partial charge in [-0.1, -0.05) is 12.1 Å². The van der Waals surface area contributed by atoms with Crippen LogP contribution >= 0.6 is 12.4 Å². The number of likely N-dealkylation sites (N-methyl/N-ethyl adjacent to an activating group) is 1. The molecule has 1 aromatic rings. The van der Waals surface area contributed by atoms with Crippen LogP contribution in [0.4, 0.5) is 0 Å². The van der Waals surface area contributed by atoms with Crippen molar-refractivity contribution in [3.8, 4) is 0 Å². The number of nitrogens with one attached hydrogen (secondary N) is 1. The van der Waals surface area contributed by atoms with Gasteiger partial charge in [0, 0.05) is 0 Å². The third kappa shape index (κ3) is 4.35. The lowest BCUT2D eigenvalue weighted by molar-refractivity contribution is -0.142. The van der Waals surface area contributed by atoms with E-state index in [0.29, 0.717) is 6.42 Å². The fourth-order valence-electron chi connectivity index (χ4n) is 1.46. The van der Waals surface area contributed by atoms with Gasteiger partial charge in [-0.15, -0.1) is 12.4 Å². The van der Waals surface area contributed by atoms with Gasteiger partial charge in [0.1, 0.15) is 6.04 Å². The third-order valence-electron chi connectivity index (χ3n) is 2.47. The van der Waals surface area contributed by atoms with E-state index in [1.54, 1.807) is 19.2 Å². The van der Waals surface area contributed by atoms with Crippen LogP contribution in [0.1, 0.15) is 15.9 Å². The molecule has 1 aromatic carbocycles. The summed E-state index contributed by atoms with van der Waals surface area (Å²) in [5.74, 6) is -1.30. The van der Waals surface area contributed by atoms with Crippen molar-refractivity contribution >= 4 is 24.3 Å². The highest BCUT2D eigenvalue weighted by atomic mass is 35.5. The van der Waals surface area contributed by atoms with E-state index in [0.717, 1.165) is 5.56 Å². The molecule has 18 heavy (non-hydrogen) atoms. The minimum Gasteiger partial charge on any atom is -0.478 e. The molecule has 0 heterocycles. The molecule has 5 nitrogen and oxygen atoms in total. The Morgan fingerprint density at radius 2 is 1.89 bits per heavy atom. The topological polar surface area (TPSA) is 75.6 Å². The summed E-state index contributed by atoms with van der Waals surface area (Å²) in [6.07, 6.45) is 0.461. The summed E-state index contributed by atoms with van der Waals surface area (Å²) in [5, 5.41) is 11.6. The number of rotatable bonds is 5. The smallest absolute Gasteiger partial charge is 0.335 e. The van der Waals surface area contributed by atoms with Crippen molar-refractivity contribution in [1.29, 1.82) is 0 Å². The van der Waals surface area contributed by atoms with Crippen LogP contribution in [0.5, 0.6) is 0 Å². The van der Waals surface area contributed by atoms with Gasteiger partial charge in [0.05, 0.1) is 12.7 Å². The van der Waals surface area contributed by atoms with Crippen LogP contribution in [-0.4, -0.2) is 37.2 Å². The molecular weight excluding hydrogens is 258 g/mol. The number of hydrogen-bond acceptors (Lipinski definition) is 4. The molecule has 6 heteroatoms. The average molecular weight is 274 g/mol. The number of aromatic carboxylic acids is 1. The molecule has 0 fully saturated rings.